The molecule has 1 amide bonds. The Morgan fingerprint density at radius 2 is 1.81 bits per heavy atom. The van der Waals surface area contributed by atoms with Gasteiger partial charge in [0.25, 0.3) is 0 Å². The molecule has 164 valence electrons. The van der Waals surface area contributed by atoms with Gasteiger partial charge in [0, 0.05) is 30.0 Å². The number of hydrazone groups is 1. The van der Waals surface area contributed by atoms with Crippen LogP contribution >= 0.6 is 0 Å². The zero-order chi connectivity index (χ0) is 21.8. The van der Waals surface area contributed by atoms with Gasteiger partial charge in [0.1, 0.15) is 12.3 Å². The van der Waals surface area contributed by atoms with Gasteiger partial charge in [-0.1, -0.05) is 12.1 Å². The summed E-state index contributed by atoms with van der Waals surface area (Å²) in [4.78, 5) is 14.1. The topological polar surface area (TPSA) is 81.2 Å². The summed E-state index contributed by atoms with van der Waals surface area (Å²) in [5.74, 6) is 0.228. The molecule has 8 nitrogen and oxygen atoms in total. The quantitative estimate of drug-likeness (QED) is 0.649. The highest BCUT2D eigenvalue weighted by Crippen LogP contribution is 2.26. The van der Waals surface area contributed by atoms with Crippen molar-refractivity contribution in [2.75, 3.05) is 25.0 Å². The zero-order valence-corrected chi connectivity index (χ0v) is 16.4. The fourth-order valence-electron chi connectivity index (χ4n) is 3.38. The first-order chi connectivity index (χ1) is 14.9. The van der Waals surface area contributed by atoms with Gasteiger partial charge in [-0.15, -0.1) is 23.4 Å². The third-order valence-electron chi connectivity index (χ3n) is 4.82. The molecule has 4 rings (SSSR count). The maximum atomic E-state index is 12.3. The molecule has 2 heterocycles. The highest BCUT2D eigenvalue weighted by Gasteiger charge is 2.31. The number of likely N-dealkylation sites (tertiary alicyclic amines) is 1. The molecule has 1 saturated heterocycles. The van der Waals surface area contributed by atoms with Gasteiger partial charge >= 0.3 is 6.36 Å². The monoisotopic (exact) mass is 434 g/mol. The molecule has 0 spiro atoms. The molecule has 31 heavy (non-hydrogen) atoms. The van der Waals surface area contributed by atoms with Crippen LogP contribution in [0.5, 0.6) is 5.75 Å². The standard InChI is InChI=1S/C20H21F3N6O2/c21-20(22,23)31-15-9-7-14(8-10-15)24-17-6-2-1-5-16(17)19-25-27-29(26-19)13-18(30)28-11-3-4-12-28/h1-2,5-10,24,27H,3-4,11-13H2,(H,25,26). The number of para-hydroxylation sites is 1. The van der Waals surface area contributed by atoms with E-state index in [2.05, 4.69) is 26.1 Å². The molecule has 11 heteroatoms. The van der Waals surface area contributed by atoms with E-state index in [4.69, 9.17) is 0 Å². The number of nitrogens with one attached hydrogen (secondary N) is 3. The van der Waals surface area contributed by atoms with Gasteiger partial charge in [-0.3, -0.25) is 10.2 Å². The first kappa shape index (κ1) is 20.8. The summed E-state index contributed by atoms with van der Waals surface area (Å²) < 4.78 is 40.9. The number of alkyl halides is 3. The molecule has 2 aromatic carbocycles. The zero-order valence-electron chi connectivity index (χ0n) is 16.4. The number of anilines is 2. The molecule has 2 aliphatic rings. The van der Waals surface area contributed by atoms with Crippen LogP contribution in [-0.4, -0.2) is 47.8 Å². The molecule has 3 N–H and O–H groups in total. The van der Waals surface area contributed by atoms with Gasteiger partial charge in [0.2, 0.25) is 5.91 Å². The predicted molar refractivity (Wildman–Crippen MR) is 108 cm³/mol. The Morgan fingerprint density at radius 1 is 1.10 bits per heavy atom. The van der Waals surface area contributed by atoms with Crippen molar-refractivity contribution >= 4 is 23.1 Å². The molecule has 0 radical (unpaired) electrons. The number of carbonyl (C=O) groups is 1. The Kier molecular flexibility index (Phi) is 5.85. The summed E-state index contributed by atoms with van der Waals surface area (Å²) in [6.07, 6.45) is -2.68. The molecule has 0 unspecified atom stereocenters. The number of halogens is 3. The number of hydrazine groups is 2. The highest BCUT2D eigenvalue weighted by molar-refractivity contribution is 6.04. The summed E-state index contributed by atoms with van der Waals surface area (Å²) in [6.45, 7) is 1.68. The summed E-state index contributed by atoms with van der Waals surface area (Å²) >= 11 is 0. The van der Waals surface area contributed by atoms with E-state index in [1.807, 2.05) is 29.2 Å². The van der Waals surface area contributed by atoms with E-state index < -0.39 is 6.36 Å². The number of amidine groups is 1. The van der Waals surface area contributed by atoms with Crippen LogP contribution in [0.25, 0.3) is 0 Å². The lowest BCUT2D eigenvalue weighted by atomic mass is 10.1. The minimum Gasteiger partial charge on any atom is -0.406 e. The number of hydrogen-bond donors (Lipinski definition) is 3. The van der Waals surface area contributed by atoms with Crippen LogP contribution < -0.4 is 21.0 Å². The lowest BCUT2D eigenvalue weighted by molar-refractivity contribution is -0.274. The molecule has 0 aliphatic carbocycles. The van der Waals surface area contributed by atoms with Gasteiger partial charge in [0.15, 0.2) is 5.84 Å². The third kappa shape index (κ3) is 5.37. The fraction of sp³-hybridized carbons (Fsp3) is 0.300. The second-order valence-electron chi connectivity index (χ2n) is 7.09. The Balaban J connectivity index is 1.40. The summed E-state index contributed by atoms with van der Waals surface area (Å²) in [6, 6.07) is 12.8. The molecule has 2 aromatic rings. The van der Waals surface area contributed by atoms with Gasteiger partial charge < -0.3 is 15.0 Å². The summed E-state index contributed by atoms with van der Waals surface area (Å²) in [7, 11) is 0. The van der Waals surface area contributed by atoms with E-state index in [0.717, 1.165) is 31.5 Å². The van der Waals surface area contributed by atoms with Gasteiger partial charge in [-0.2, -0.15) is 0 Å². The van der Waals surface area contributed by atoms with Crippen LogP contribution in [0.3, 0.4) is 0 Å². The number of hydrogen-bond acceptors (Lipinski definition) is 7. The van der Waals surface area contributed by atoms with E-state index in [-0.39, 0.29) is 18.2 Å². The molecule has 2 aliphatic heterocycles. The highest BCUT2D eigenvalue weighted by atomic mass is 19.4. The van der Waals surface area contributed by atoms with Crippen LogP contribution in [0.4, 0.5) is 24.5 Å². The van der Waals surface area contributed by atoms with Crippen molar-refractivity contribution in [3.05, 3.63) is 54.1 Å². The maximum Gasteiger partial charge on any atom is 0.573 e. The minimum absolute atomic E-state index is 0.0153. The van der Waals surface area contributed by atoms with E-state index >= 15 is 0 Å². The average molecular weight is 434 g/mol. The first-order valence-corrected chi connectivity index (χ1v) is 9.75. The predicted octanol–water partition coefficient (Wildman–Crippen LogP) is 2.94. The van der Waals surface area contributed by atoms with E-state index in [0.29, 0.717) is 17.2 Å². The van der Waals surface area contributed by atoms with Crippen LogP contribution in [0, 0.1) is 0 Å². The Morgan fingerprint density at radius 3 is 2.52 bits per heavy atom. The number of carbonyl (C=O) groups excluding carboxylic acids is 1. The lowest BCUT2D eigenvalue weighted by Crippen LogP contribution is -2.48. The summed E-state index contributed by atoms with van der Waals surface area (Å²) in [5, 5.41) is 8.92. The lowest BCUT2D eigenvalue weighted by Gasteiger charge is -2.20. The summed E-state index contributed by atoms with van der Waals surface area (Å²) in [5.41, 5.74) is 7.84. The van der Waals surface area contributed by atoms with Gasteiger partial charge in [-0.25, -0.2) is 5.53 Å². The Bertz CT molecular complexity index is 958. The number of rotatable bonds is 6. The van der Waals surface area contributed by atoms with Gasteiger partial charge in [-0.05, 0) is 49.2 Å². The first-order valence-electron chi connectivity index (χ1n) is 9.75. The van der Waals surface area contributed by atoms with Crippen molar-refractivity contribution in [1.29, 1.82) is 0 Å². The van der Waals surface area contributed by atoms with Crippen LogP contribution in [-0.2, 0) is 4.79 Å². The van der Waals surface area contributed by atoms with Crippen molar-refractivity contribution in [3.63, 3.8) is 0 Å². The Labute approximate surface area is 176 Å². The SMILES string of the molecule is O=C(CN1NN=C(c2ccccc2Nc2ccc(OC(F)(F)F)cc2)N1)N1CCCC1. The fourth-order valence-corrected chi connectivity index (χ4v) is 3.38. The molecule has 0 atom stereocenters. The molecule has 0 aromatic heterocycles. The van der Waals surface area contributed by atoms with E-state index in [9.17, 15) is 18.0 Å². The largest absolute Gasteiger partial charge is 0.573 e. The van der Waals surface area contributed by atoms with Crippen molar-refractivity contribution < 1.29 is 22.7 Å². The average Bonchev–Trinajstić information content (AvgIpc) is 3.41. The van der Waals surface area contributed by atoms with Crippen LogP contribution in [0.15, 0.2) is 53.6 Å². The molecule has 0 bridgehead atoms. The van der Waals surface area contributed by atoms with Crippen molar-refractivity contribution in [2.24, 2.45) is 5.10 Å². The van der Waals surface area contributed by atoms with Crippen LogP contribution in [0.2, 0.25) is 0 Å². The third-order valence-corrected chi connectivity index (χ3v) is 4.82. The second kappa shape index (κ2) is 8.72. The number of amides is 1. The minimum atomic E-state index is -4.73. The number of nitrogens with zero attached hydrogens (tertiary/aromatic N) is 3. The van der Waals surface area contributed by atoms with Crippen molar-refractivity contribution in [2.45, 2.75) is 19.2 Å². The van der Waals surface area contributed by atoms with Crippen molar-refractivity contribution in [1.82, 2.24) is 21.0 Å². The molecular formula is C20H21F3N6O2. The molecule has 1 fully saturated rings. The smallest absolute Gasteiger partial charge is 0.406 e. The van der Waals surface area contributed by atoms with Gasteiger partial charge in [0.05, 0.1) is 0 Å². The van der Waals surface area contributed by atoms with E-state index in [1.165, 1.54) is 29.4 Å². The second-order valence-corrected chi connectivity index (χ2v) is 7.09. The Hall–Kier alpha value is -3.47. The maximum absolute atomic E-state index is 12.3. The normalized spacial score (nSPS) is 16.5. The number of benzene rings is 2. The van der Waals surface area contributed by atoms with E-state index in [1.54, 1.807) is 0 Å². The van der Waals surface area contributed by atoms with Crippen LogP contribution in [0.1, 0.15) is 18.4 Å². The number of ether oxygens (including phenoxy) is 1. The van der Waals surface area contributed by atoms with Crippen molar-refractivity contribution in [3.8, 4) is 5.75 Å². The molecular weight excluding hydrogens is 413 g/mol. The molecule has 0 saturated carbocycles.